The van der Waals surface area contributed by atoms with E-state index in [2.05, 4.69) is 0 Å². The van der Waals surface area contributed by atoms with Crippen LogP contribution in [0, 0.1) is 5.82 Å². The van der Waals surface area contributed by atoms with Gasteiger partial charge in [0.2, 0.25) is 0 Å². The SMILES string of the molecule is CCOc1ccc(C2=NN(c3cccc(F)c3)[C@H](c3ccc(OC)cc3)C2)cc1. The summed E-state index contributed by atoms with van der Waals surface area (Å²) in [5.41, 5.74) is 3.82. The first-order valence-corrected chi connectivity index (χ1v) is 9.67. The minimum Gasteiger partial charge on any atom is -0.497 e. The second-order valence-electron chi connectivity index (χ2n) is 6.82. The normalized spacial score (nSPS) is 15.9. The van der Waals surface area contributed by atoms with E-state index in [0.29, 0.717) is 6.61 Å². The Labute approximate surface area is 170 Å². The second kappa shape index (κ2) is 8.35. The highest BCUT2D eigenvalue weighted by Gasteiger charge is 2.30. The number of methoxy groups -OCH3 is 1. The Kier molecular flexibility index (Phi) is 5.47. The third kappa shape index (κ3) is 4.09. The summed E-state index contributed by atoms with van der Waals surface area (Å²) >= 11 is 0. The largest absolute Gasteiger partial charge is 0.497 e. The van der Waals surface area contributed by atoms with Gasteiger partial charge in [0, 0.05) is 6.42 Å². The van der Waals surface area contributed by atoms with Crippen molar-refractivity contribution in [1.29, 1.82) is 0 Å². The Morgan fingerprint density at radius 1 is 1.00 bits per heavy atom. The van der Waals surface area contributed by atoms with Gasteiger partial charge in [-0.05, 0) is 72.6 Å². The summed E-state index contributed by atoms with van der Waals surface area (Å²) in [7, 11) is 1.65. The summed E-state index contributed by atoms with van der Waals surface area (Å²) in [4.78, 5) is 0. The van der Waals surface area contributed by atoms with Crippen molar-refractivity contribution >= 4 is 11.4 Å². The fourth-order valence-electron chi connectivity index (χ4n) is 3.54. The van der Waals surface area contributed by atoms with Crippen molar-refractivity contribution in [2.45, 2.75) is 19.4 Å². The minimum absolute atomic E-state index is 0.0238. The van der Waals surface area contributed by atoms with Gasteiger partial charge in [-0.3, -0.25) is 5.01 Å². The quantitative estimate of drug-likeness (QED) is 0.550. The summed E-state index contributed by atoms with van der Waals surface area (Å²) in [6, 6.07) is 22.4. The van der Waals surface area contributed by atoms with Gasteiger partial charge in [-0.2, -0.15) is 5.10 Å². The maximum atomic E-state index is 13.9. The zero-order valence-electron chi connectivity index (χ0n) is 16.5. The van der Waals surface area contributed by atoms with Gasteiger partial charge in [0.1, 0.15) is 17.3 Å². The summed E-state index contributed by atoms with van der Waals surface area (Å²) in [6.45, 7) is 2.60. The van der Waals surface area contributed by atoms with Gasteiger partial charge >= 0.3 is 0 Å². The molecule has 0 saturated carbocycles. The number of ether oxygens (including phenoxy) is 2. The van der Waals surface area contributed by atoms with Crippen molar-refractivity contribution < 1.29 is 13.9 Å². The lowest BCUT2D eigenvalue weighted by atomic mass is 9.98. The van der Waals surface area contributed by atoms with E-state index in [9.17, 15) is 4.39 Å². The lowest BCUT2D eigenvalue weighted by molar-refractivity contribution is 0.340. The summed E-state index contributed by atoms with van der Waals surface area (Å²) in [5, 5.41) is 6.76. The zero-order chi connectivity index (χ0) is 20.2. The Balaban J connectivity index is 1.69. The van der Waals surface area contributed by atoms with Crippen molar-refractivity contribution in [3.05, 3.63) is 89.7 Å². The van der Waals surface area contributed by atoms with Crippen LogP contribution < -0.4 is 14.5 Å². The van der Waals surface area contributed by atoms with E-state index in [1.807, 2.05) is 66.5 Å². The first kappa shape index (κ1) is 19.0. The molecule has 0 amide bonds. The molecule has 1 heterocycles. The Morgan fingerprint density at radius 2 is 1.72 bits per heavy atom. The highest BCUT2D eigenvalue weighted by molar-refractivity contribution is 6.03. The molecule has 0 N–H and O–H groups in total. The number of nitrogens with zero attached hydrogens (tertiary/aromatic N) is 2. The number of halogens is 1. The van der Waals surface area contributed by atoms with Crippen LogP contribution in [0.3, 0.4) is 0 Å². The number of rotatable bonds is 6. The minimum atomic E-state index is -0.277. The van der Waals surface area contributed by atoms with Crippen molar-refractivity contribution in [1.82, 2.24) is 0 Å². The molecule has 0 saturated heterocycles. The van der Waals surface area contributed by atoms with Crippen LogP contribution in [0.4, 0.5) is 10.1 Å². The van der Waals surface area contributed by atoms with Gasteiger partial charge in [0.25, 0.3) is 0 Å². The van der Waals surface area contributed by atoms with Crippen LogP contribution >= 0.6 is 0 Å². The Morgan fingerprint density at radius 3 is 2.38 bits per heavy atom. The molecule has 0 aliphatic carbocycles. The van der Waals surface area contributed by atoms with Crippen LogP contribution in [0.1, 0.15) is 30.5 Å². The number of hydrazone groups is 1. The van der Waals surface area contributed by atoms with Crippen LogP contribution in [0.25, 0.3) is 0 Å². The monoisotopic (exact) mass is 390 g/mol. The molecule has 3 aromatic carbocycles. The molecule has 0 bridgehead atoms. The molecule has 148 valence electrons. The molecule has 4 rings (SSSR count). The number of anilines is 1. The molecular formula is C24H23FN2O2. The van der Waals surface area contributed by atoms with E-state index < -0.39 is 0 Å². The lowest BCUT2D eigenvalue weighted by Gasteiger charge is -2.24. The summed E-state index contributed by atoms with van der Waals surface area (Å²) in [5.74, 6) is 1.36. The standard InChI is InChI=1S/C24H23FN2O2/c1-3-29-22-13-7-17(8-14-22)23-16-24(18-9-11-21(28-2)12-10-18)27(26-23)20-6-4-5-19(25)15-20/h4-15,24H,3,16H2,1-2H3/t24-/m0/s1. The third-order valence-corrected chi connectivity index (χ3v) is 4.98. The maximum Gasteiger partial charge on any atom is 0.125 e. The fraction of sp³-hybridized carbons (Fsp3) is 0.208. The van der Waals surface area contributed by atoms with Crippen molar-refractivity contribution in [2.24, 2.45) is 5.10 Å². The van der Waals surface area contributed by atoms with Crippen LogP contribution in [-0.4, -0.2) is 19.4 Å². The first-order valence-electron chi connectivity index (χ1n) is 9.67. The van der Waals surface area contributed by atoms with Gasteiger partial charge in [-0.25, -0.2) is 4.39 Å². The zero-order valence-corrected chi connectivity index (χ0v) is 16.5. The molecular weight excluding hydrogens is 367 g/mol. The molecule has 0 radical (unpaired) electrons. The summed E-state index contributed by atoms with van der Waals surface area (Å²) in [6.07, 6.45) is 0.719. The average molecular weight is 390 g/mol. The highest BCUT2D eigenvalue weighted by atomic mass is 19.1. The number of hydrogen-bond donors (Lipinski definition) is 0. The molecule has 5 heteroatoms. The molecule has 29 heavy (non-hydrogen) atoms. The second-order valence-corrected chi connectivity index (χ2v) is 6.82. The van der Waals surface area contributed by atoms with Gasteiger partial charge in [0.05, 0.1) is 31.2 Å². The molecule has 4 nitrogen and oxygen atoms in total. The third-order valence-electron chi connectivity index (χ3n) is 4.98. The van der Waals surface area contributed by atoms with Crippen molar-refractivity contribution in [3.63, 3.8) is 0 Å². The maximum absolute atomic E-state index is 13.9. The molecule has 0 fully saturated rings. The van der Waals surface area contributed by atoms with Crippen LogP contribution in [0.2, 0.25) is 0 Å². The van der Waals surface area contributed by atoms with E-state index in [4.69, 9.17) is 14.6 Å². The van der Waals surface area contributed by atoms with Crippen molar-refractivity contribution in [3.8, 4) is 11.5 Å². The molecule has 0 unspecified atom stereocenters. The van der Waals surface area contributed by atoms with Crippen LogP contribution in [0.5, 0.6) is 11.5 Å². The topological polar surface area (TPSA) is 34.1 Å². The molecule has 1 aliphatic heterocycles. The fourth-order valence-corrected chi connectivity index (χ4v) is 3.54. The van der Waals surface area contributed by atoms with Gasteiger partial charge in [0.15, 0.2) is 0 Å². The van der Waals surface area contributed by atoms with Gasteiger partial charge < -0.3 is 9.47 Å². The average Bonchev–Trinajstić information content (AvgIpc) is 3.20. The molecule has 1 aliphatic rings. The number of hydrogen-bond acceptors (Lipinski definition) is 4. The van der Waals surface area contributed by atoms with E-state index in [1.54, 1.807) is 13.2 Å². The lowest BCUT2D eigenvalue weighted by Crippen LogP contribution is -2.18. The van der Waals surface area contributed by atoms with Gasteiger partial charge in [-0.1, -0.05) is 18.2 Å². The number of benzene rings is 3. The Bertz CT molecular complexity index is 1000. The van der Waals surface area contributed by atoms with Crippen LogP contribution in [-0.2, 0) is 0 Å². The van der Waals surface area contributed by atoms with Crippen LogP contribution in [0.15, 0.2) is 77.9 Å². The van der Waals surface area contributed by atoms with E-state index in [-0.39, 0.29) is 11.9 Å². The van der Waals surface area contributed by atoms with E-state index in [1.165, 1.54) is 12.1 Å². The molecule has 0 spiro atoms. The molecule has 0 aromatic heterocycles. The van der Waals surface area contributed by atoms with Gasteiger partial charge in [-0.15, -0.1) is 0 Å². The molecule has 1 atom stereocenters. The highest BCUT2D eigenvalue weighted by Crippen LogP contribution is 2.37. The van der Waals surface area contributed by atoms with E-state index in [0.717, 1.165) is 40.4 Å². The van der Waals surface area contributed by atoms with E-state index >= 15 is 0 Å². The predicted octanol–water partition coefficient (Wildman–Crippen LogP) is 5.59. The first-order chi connectivity index (χ1) is 14.2. The molecule has 3 aromatic rings. The summed E-state index contributed by atoms with van der Waals surface area (Å²) < 4.78 is 24.7. The Hall–Kier alpha value is -3.34. The smallest absolute Gasteiger partial charge is 0.125 e. The van der Waals surface area contributed by atoms with Crippen molar-refractivity contribution in [2.75, 3.05) is 18.7 Å². The predicted molar refractivity (Wildman–Crippen MR) is 113 cm³/mol.